The first-order chi connectivity index (χ1) is 12.5. The van der Waals surface area contributed by atoms with Gasteiger partial charge in [0, 0.05) is 11.6 Å². The summed E-state index contributed by atoms with van der Waals surface area (Å²) in [6.45, 7) is -1.17. The van der Waals surface area contributed by atoms with Crippen LogP contribution in [0.4, 0.5) is 8.78 Å². The molecule has 0 aliphatic heterocycles. The third-order valence-electron chi connectivity index (χ3n) is 3.73. The Labute approximate surface area is 148 Å². The fourth-order valence-electron chi connectivity index (χ4n) is 2.43. The molecular formula is C19H16F2N2O3. The Morgan fingerprint density at radius 2 is 1.88 bits per heavy atom. The van der Waals surface area contributed by atoms with Crippen LogP contribution in [0.5, 0.6) is 5.75 Å². The molecule has 7 heteroatoms. The molecule has 0 aliphatic carbocycles. The number of carbonyl (C=O) groups is 1. The number of amides is 1. The van der Waals surface area contributed by atoms with Crippen molar-refractivity contribution in [2.75, 3.05) is 0 Å². The van der Waals surface area contributed by atoms with Crippen LogP contribution in [-0.2, 0) is 0 Å². The van der Waals surface area contributed by atoms with Gasteiger partial charge in [-0.15, -0.1) is 0 Å². The molecule has 1 atom stereocenters. The van der Waals surface area contributed by atoms with Gasteiger partial charge in [0.2, 0.25) is 0 Å². The molecule has 2 aromatic carbocycles. The molecular weight excluding hydrogens is 342 g/mol. The third-order valence-corrected chi connectivity index (χ3v) is 3.73. The summed E-state index contributed by atoms with van der Waals surface area (Å²) >= 11 is 0. The van der Waals surface area contributed by atoms with Crippen LogP contribution < -0.4 is 10.1 Å². The van der Waals surface area contributed by atoms with Gasteiger partial charge in [-0.25, -0.2) is 0 Å². The maximum Gasteiger partial charge on any atom is 0.387 e. The van der Waals surface area contributed by atoms with Crippen LogP contribution in [0.25, 0.3) is 11.3 Å². The molecule has 0 radical (unpaired) electrons. The summed E-state index contributed by atoms with van der Waals surface area (Å²) in [6.07, 6.45) is 0. The second-order valence-corrected chi connectivity index (χ2v) is 5.59. The molecule has 0 saturated heterocycles. The van der Waals surface area contributed by atoms with Crippen molar-refractivity contribution in [3.8, 4) is 17.1 Å². The lowest BCUT2D eigenvalue weighted by Crippen LogP contribution is -2.26. The molecule has 0 bridgehead atoms. The summed E-state index contributed by atoms with van der Waals surface area (Å²) in [5.74, 6) is 0.0887. The lowest BCUT2D eigenvalue weighted by molar-refractivity contribution is -0.0499. The van der Waals surface area contributed by atoms with E-state index in [0.717, 1.165) is 5.56 Å². The second kappa shape index (κ2) is 7.77. The van der Waals surface area contributed by atoms with Crippen molar-refractivity contribution < 1.29 is 22.8 Å². The van der Waals surface area contributed by atoms with E-state index in [1.807, 2.05) is 30.3 Å². The van der Waals surface area contributed by atoms with Crippen molar-refractivity contribution in [3.63, 3.8) is 0 Å². The zero-order valence-corrected chi connectivity index (χ0v) is 13.9. The summed E-state index contributed by atoms with van der Waals surface area (Å²) in [5.41, 5.74) is 1.57. The molecule has 0 aliphatic rings. The minimum atomic E-state index is -2.90. The highest BCUT2D eigenvalue weighted by atomic mass is 19.3. The van der Waals surface area contributed by atoms with Gasteiger partial charge in [-0.3, -0.25) is 4.79 Å². The number of nitrogens with zero attached hydrogens (tertiary/aromatic N) is 1. The first-order valence-corrected chi connectivity index (χ1v) is 7.90. The Balaban J connectivity index is 1.69. The van der Waals surface area contributed by atoms with E-state index < -0.39 is 18.6 Å². The van der Waals surface area contributed by atoms with Gasteiger partial charge in [0.15, 0.2) is 11.5 Å². The highest BCUT2D eigenvalue weighted by Gasteiger charge is 2.17. The van der Waals surface area contributed by atoms with Gasteiger partial charge in [-0.05, 0) is 24.6 Å². The van der Waals surface area contributed by atoms with Crippen molar-refractivity contribution >= 4 is 5.91 Å². The lowest BCUT2D eigenvalue weighted by Gasteiger charge is -2.14. The van der Waals surface area contributed by atoms with Crippen LogP contribution in [0, 0.1) is 0 Å². The predicted octanol–water partition coefficient (Wildman–Crippen LogP) is 4.43. The number of hydrogen-bond acceptors (Lipinski definition) is 4. The quantitative estimate of drug-likeness (QED) is 0.708. The van der Waals surface area contributed by atoms with E-state index in [9.17, 15) is 13.6 Å². The van der Waals surface area contributed by atoms with E-state index in [2.05, 4.69) is 15.2 Å². The summed E-state index contributed by atoms with van der Waals surface area (Å²) in [5, 5.41) is 6.54. The van der Waals surface area contributed by atoms with Crippen LogP contribution in [0.1, 0.15) is 29.0 Å². The van der Waals surface area contributed by atoms with Crippen molar-refractivity contribution in [1.82, 2.24) is 10.5 Å². The van der Waals surface area contributed by atoms with Crippen molar-refractivity contribution in [2.45, 2.75) is 19.6 Å². The van der Waals surface area contributed by atoms with Crippen LogP contribution in [0.2, 0.25) is 0 Å². The van der Waals surface area contributed by atoms with E-state index >= 15 is 0 Å². The number of ether oxygens (including phenoxy) is 1. The Hall–Kier alpha value is -3.22. The van der Waals surface area contributed by atoms with E-state index in [-0.39, 0.29) is 11.4 Å². The SMILES string of the molecule is CC(NC(=O)c1cc(-c2ccccc2)on1)c1cccc(OC(F)F)c1. The molecule has 1 heterocycles. The van der Waals surface area contributed by atoms with E-state index in [0.29, 0.717) is 11.3 Å². The number of alkyl halides is 2. The number of benzene rings is 2. The van der Waals surface area contributed by atoms with Crippen molar-refractivity contribution in [3.05, 3.63) is 71.9 Å². The molecule has 1 N–H and O–H groups in total. The normalized spacial score (nSPS) is 12.0. The van der Waals surface area contributed by atoms with E-state index in [4.69, 9.17) is 4.52 Å². The van der Waals surface area contributed by atoms with Gasteiger partial charge < -0.3 is 14.6 Å². The van der Waals surface area contributed by atoms with Gasteiger partial charge in [-0.1, -0.05) is 47.6 Å². The van der Waals surface area contributed by atoms with E-state index in [1.165, 1.54) is 12.1 Å². The van der Waals surface area contributed by atoms with Gasteiger partial charge in [0.05, 0.1) is 6.04 Å². The van der Waals surface area contributed by atoms with Crippen LogP contribution >= 0.6 is 0 Å². The Bertz CT molecular complexity index is 881. The van der Waals surface area contributed by atoms with Gasteiger partial charge in [-0.2, -0.15) is 8.78 Å². The molecule has 1 unspecified atom stereocenters. The average Bonchev–Trinajstić information content (AvgIpc) is 3.12. The van der Waals surface area contributed by atoms with E-state index in [1.54, 1.807) is 25.1 Å². The molecule has 1 amide bonds. The summed E-state index contributed by atoms with van der Waals surface area (Å²) in [4.78, 5) is 12.4. The van der Waals surface area contributed by atoms with Crippen molar-refractivity contribution in [1.29, 1.82) is 0 Å². The first-order valence-electron chi connectivity index (χ1n) is 7.90. The zero-order chi connectivity index (χ0) is 18.5. The Kier molecular flexibility index (Phi) is 5.26. The second-order valence-electron chi connectivity index (χ2n) is 5.59. The monoisotopic (exact) mass is 358 g/mol. The molecule has 134 valence electrons. The van der Waals surface area contributed by atoms with Gasteiger partial charge in [0.25, 0.3) is 5.91 Å². The minimum Gasteiger partial charge on any atom is -0.435 e. The molecule has 0 spiro atoms. The highest BCUT2D eigenvalue weighted by molar-refractivity contribution is 5.93. The largest absolute Gasteiger partial charge is 0.435 e. The minimum absolute atomic E-state index is 0.0337. The fraction of sp³-hybridized carbons (Fsp3) is 0.158. The summed E-state index contributed by atoms with van der Waals surface area (Å²) < 4.78 is 34.2. The molecule has 3 rings (SSSR count). The molecule has 0 saturated carbocycles. The molecule has 5 nitrogen and oxygen atoms in total. The zero-order valence-electron chi connectivity index (χ0n) is 13.9. The van der Waals surface area contributed by atoms with Gasteiger partial charge >= 0.3 is 6.61 Å². The molecule has 26 heavy (non-hydrogen) atoms. The fourth-order valence-corrected chi connectivity index (χ4v) is 2.43. The highest BCUT2D eigenvalue weighted by Crippen LogP contribution is 2.22. The lowest BCUT2D eigenvalue weighted by atomic mass is 10.1. The van der Waals surface area contributed by atoms with Crippen LogP contribution in [0.3, 0.4) is 0 Å². The summed E-state index contributed by atoms with van der Waals surface area (Å²) in [6, 6.07) is 16.6. The summed E-state index contributed by atoms with van der Waals surface area (Å²) in [7, 11) is 0. The number of carbonyl (C=O) groups excluding carboxylic acids is 1. The number of nitrogens with one attached hydrogen (secondary N) is 1. The number of hydrogen-bond donors (Lipinski definition) is 1. The predicted molar refractivity (Wildman–Crippen MR) is 90.9 cm³/mol. The number of rotatable bonds is 6. The molecule has 0 fully saturated rings. The number of aromatic nitrogens is 1. The Morgan fingerprint density at radius 1 is 1.12 bits per heavy atom. The standard InChI is InChI=1S/C19H16F2N2O3/c1-12(14-8-5-9-15(10-14)25-19(20)21)22-18(24)16-11-17(26-23-16)13-6-3-2-4-7-13/h2-12,19H,1H3,(H,22,24). The van der Waals surface area contributed by atoms with Gasteiger partial charge in [0.1, 0.15) is 5.75 Å². The Morgan fingerprint density at radius 3 is 2.62 bits per heavy atom. The smallest absolute Gasteiger partial charge is 0.387 e. The maximum atomic E-state index is 12.4. The van der Waals surface area contributed by atoms with Crippen LogP contribution in [0.15, 0.2) is 65.2 Å². The molecule has 1 aromatic heterocycles. The first kappa shape index (κ1) is 17.6. The number of halogens is 2. The van der Waals surface area contributed by atoms with Crippen molar-refractivity contribution in [2.24, 2.45) is 0 Å². The molecule has 3 aromatic rings. The third kappa shape index (κ3) is 4.24. The van der Waals surface area contributed by atoms with Crippen LogP contribution in [-0.4, -0.2) is 17.7 Å². The maximum absolute atomic E-state index is 12.4. The topological polar surface area (TPSA) is 64.4 Å². The average molecular weight is 358 g/mol.